The minimum absolute atomic E-state index is 0.0286. The molecule has 0 unspecified atom stereocenters. The van der Waals surface area contributed by atoms with Gasteiger partial charge in [0, 0.05) is 19.3 Å². The minimum Gasteiger partial charge on any atom is -0.335 e. The Morgan fingerprint density at radius 1 is 1.09 bits per heavy atom. The molecule has 0 bridgehead atoms. The first-order valence-corrected chi connectivity index (χ1v) is 7.42. The third kappa shape index (κ3) is 3.42. The highest BCUT2D eigenvalue weighted by Gasteiger charge is 2.15. The Balaban J connectivity index is 1.75. The number of nitrogens with zero attached hydrogens (tertiary/aromatic N) is 5. The van der Waals surface area contributed by atoms with Crippen LogP contribution in [0.15, 0.2) is 61.3 Å². The molecule has 6 heteroatoms. The number of carbonyl (C=O) groups excluding carboxylic acids is 1. The molecular weight excluding hydrogens is 290 g/mol. The fourth-order valence-electron chi connectivity index (χ4n) is 2.30. The smallest absolute Gasteiger partial charge is 0.255 e. The second-order valence-corrected chi connectivity index (χ2v) is 5.08. The molecule has 116 valence electrons. The van der Waals surface area contributed by atoms with Crippen LogP contribution < -0.4 is 0 Å². The molecule has 0 N–H and O–H groups in total. The van der Waals surface area contributed by atoms with Crippen molar-refractivity contribution < 1.29 is 4.79 Å². The molecule has 2 aromatic heterocycles. The molecule has 0 fully saturated rings. The van der Waals surface area contributed by atoms with E-state index in [4.69, 9.17) is 0 Å². The molecule has 0 saturated carbocycles. The first-order valence-electron chi connectivity index (χ1n) is 7.42. The standard InChI is InChI=1S/C17H17N5O/c1-2-21(11-14-6-4-3-5-7-14)17(23)15-8-9-16(18-10-15)22-12-19-20-13-22/h3-10,12-13H,2,11H2,1H3. The summed E-state index contributed by atoms with van der Waals surface area (Å²) in [6.07, 6.45) is 4.72. The first kappa shape index (κ1) is 14.9. The van der Waals surface area contributed by atoms with Crippen LogP contribution in [0, 0.1) is 0 Å². The zero-order valence-corrected chi connectivity index (χ0v) is 12.8. The zero-order chi connectivity index (χ0) is 16.1. The van der Waals surface area contributed by atoms with Gasteiger partial charge in [-0.25, -0.2) is 4.98 Å². The van der Waals surface area contributed by atoms with Gasteiger partial charge in [-0.2, -0.15) is 0 Å². The van der Waals surface area contributed by atoms with Crippen LogP contribution in [0.25, 0.3) is 5.82 Å². The van der Waals surface area contributed by atoms with Crippen molar-refractivity contribution in [1.82, 2.24) is 24.6 Å². The molecule has 0 saturated heterocycles. The van der Waals surface area contributed by atoms with Crippen molar-refractivity contribution in [3.63, 3.8) is 0 Å². The van der Waals surface area contributed by atoms with Crippen LogP contribution in [-0.2, 0) is 6.54 Å². The Bertz CT molecular complexity index is 753. The summed E-state index contributed by atoms with van der Waals surface area (Å²) in [6.45, 7) is 3.20. The maximum Gasteiger partial charge on any atom is 0.255 e. The molecule has 23 heavy (non-hydrogen) atoms. The fraction of sp³-hybridized carbons (Fsp3) is 0.176. The lowest BCUT2D eigenvalue weighted by atomic mass is 10.2. The maximum absolute atomic E-state index is 12.6. The third-order valence-corrected chi connectivity index (χ3v) is 3.56. The summed E-state index contributed by atoms with van der Waals surface area (Å²) in [7, 11) is 0. The summed E-state index contributed by atoms with van der Waals surface area (Å²) in [5.74, 6) is 0.650. The summed E-state index contributed by atoms with van der Waals surface area (Å²) >= 11 is 0. The van der Waals surface area contributed by atoms with Gasteiger partial charge in [-0.3, -0.25) is 9.36 Å². The molecule has 3 rings (SSSR count). The van der Waals surface area contributed by atoms with E-state index in [1.54, 1.807) is 40.5 Å². The highest BCUT2D eigenvalue weighted by molar-refractivity contribution is 5.94. The largest absolute Gasteiger partial charge is 0.335 e. The average Bonchev–Trinajstić information content (AvgIpc) is 3.15. The second kappa shape index (κ2) is 6.83. The van der Waals surface area contributed by atoms with Gasteiger partial charge in [-0.05, 0) is 24.6 Å². The molecule has 0 aliphatic heterocycles. The number of hydrogen-bond acceptors (Lipinski definition) is 4. The van der Waals surface area contributed by atoms with Gasteiger partial charge in [-0.15, -0.1) is 10.2 Å². The van der Waals surface area contributed by atoms with Gasteiger partial charge >= 0.3 is 0 Å². The number of pyridine rings is 1. The predicted molar refractivity (Wildman–Crippen MR) is 86.0 cm³/mol. The van der Waals surface area contributed by atoms with Crippen molar-refractivity contribution in [1.29, 1.82) is 0 Å². The Morgan fingerprint density at radius 2 is 1.83 bits per heavy atom. The van der Waals surface area contributed by atoms with Gasteiger partial charge in [0.15, 0.2) is 0 Å². The van der Waals surface area contributed by atoms with Gasteiger partial charge < -0.3 is 4.90 Å². The lowest BCUT2D eigenvalue weighted by molar-refractivity contribution is 0.0752. The Hall–Kier alpha value is -3.02. The second-order valence-electron chi connectivity index (χ2n) is 5.08. The van der Waals surface area contributed by atoms with Crippen molar-refractivity contribution in [2.24, 2.45) is 0 Å². The van der Waals surface area contributed by atoms with E-state index in [2.05, 4.69) is 15.2 Å². The van der Waals surface area contributed by atoms with Crippen molar-refractivity contribution in [2.45, 2.75) is 13.5 Å². The van der Waals surface area contributed by atoms with E-state index in [9.17, 15) is 4.79 Å². The van der Waals surface area contributed by atoms with Crippen LogP contribution in [0.3, 0.4) is 0 Å². The van der Waals surface area contributed by atoms with Crippen molar-refractivity contribution >= 4 is 5.91 Å². The highest BCUT2D eigenvalue weighted by Crippen LogP contribution is 2.11. The van der Waals surface area contributed by atoms with Gasteiger partial charge in [0.05, 0.1) is 5.56 Å². The quantitative estimate of drug-likeness (QED) is 0.725. The molecular formula is C17H17N5O. The number of benzene rings is 1. The van der Waals surface area contributed by atoms with E-state index in [1.807, 2.05) is 37.3 Å². The first-order chi connectivity index (χ1) is 11.3. The molecule has 3 aromatic rings. The molecule has 0 spiro atoms. The van der Waals surface area contributed by atoms with E-state index in [0.717, 1.165) is 5.56 Å². The highest BCUT2D eigenvalue weighted by atomic mass is 16.2. The van der Waals surface area contributed by atoms with Crippen LogP contribution in [0.4, 0.5) is 0 Å². The van der Waals surface area contributed by atoms with Crippen molar-refractivity contribution in [3.8, 4) is 5.82 Å². The van der Waals surface area contributed by atoms with E-state index < -0.39 is 0 Å². The van der Waals surface area contributed by atoms with Crippen LogP contribution >= 0.6 is 0 Å². The molecule has 1 aromatic carbocycles. The Kier molecular flexibility index (Phi) is 4.42. The Labute approximate surface area is 134 Å². The number of carbonyl (C=O) groups is 1. The molecule has 1 amide bonds. The molecule has 6 nitrogen and oxygen atoms in total. The van der Waals surface area contributed by atoms with Gasteiger partial charge in [0.1, 0.15) is 18.5 Å². The number of rotatable bonds is 5. The van der Waals surface area contributed by atoms with Crippen LogP contribution in [-0.4, -0.2) is 37.1 Å². The average molecular weight is 307 g/mol. The summed E-state index contributed by atoms with van der Waals surface area (Å²) < 4.78 is 1.69. The van der Waals surface area contributed by atoms with E-state index in [1.165, 1.54) is 0 Å². The summed E-state index contributed by atoms with van der Waals surface area (Å²) in [5, 5.41) is 7.48. The summed E-state index contributed by atoms with van der Waals surface area (Å²) in [5.41, 5.74) is 1.68. The Morgan fingerprint density at radius 3 is 2.43 bits per heavy atom. The van der Waals surface area contributed by atoms with Gasteiger partial charge in [-0.1, -0.05) is 30.3 Å². The monoisotopic (exact) mass is 307 g/mol. The SMILES string of the molecule is CCN(Cc1ccccc1)C(=O)c1ccc(-n2cnnc2)nc1. The fourth-order valence-corrected chi connectivity index (χ4v) is 2.30. The number of hydrogen-bond donors (Lipinski definition) is 0. The van der Waals surface area contributed by atoms with Crippen LogP contribution in [0.2, 0.25) is 0 Å². The molecule has 2 heterocycles. The molecule has 0 aliphatic carbocycles. The predicted octanol–water partition coefficient (Wildman–Crippen LogP) is 2.32. The molecule has 0 atom stereocenters. The minimum atomic E-state index is -0.0286. The normalized spacial score (nSPS) is 10.5. The lowest BCUT2D eigenvalue weighted by Crippen LogP contribution is -2.30. The van der Waals surface area contributed by atoms with E-state index >= 15 is 0 Å². The third-order valence-electron chi connectivity index (χ3n) is 3.56. The van der Waals surface area contributed by atoms with E-state index in [0.29, 0.717) is 24.5 Å². The molecule has 0 radical (unpaired) electrons. The summed E-state index contributed by atoms with van der Waals surface area (Å²) in [4.78, 5) is 18.7. The van der Waals surface area contributed by atoms with Crippen LogP contribution in [0.5, 0.6) is 0 Å². The van der Waals surface area contributed by atoms with Crippen molar-refractivity contribution in [3.05, 3.63) is 72.4 Å². The van der Waals surface area contributed by atoms with Crippen LogP contribution in [0.1, 0.15) is 22.8 Å². The van der Waals surface area contributed by atoms with E-state index in [-0.39, 0.29) is 5.91 Å². The lowest BCUT2D eigenvalue weighted by Gasteiger charge is -2.21. The maximum atomic E-state index is 12.6. The van der Waals surface area contributed by atoms with Crippen molar-refractivity contribution in [2.75, 3.05) is 6.54 Å². The van der Waals surface area contributed by atoms with Gasteiger partial charge in [0.2, 0.25) is 0 Å². The topological polar surface area (TPSA) is 63.9 Å². The number of amides is 1. The summed E-state index contributed by atoms with van der Waals surface area (Å²) in [6, 6.07) is 13.5. The number of aromatic nitrogens is 4. The zero-order valence-electron chi connectivity index (χ0n) is 12.8. The molecule has 0 aliphatic rings. The van der Waals surface area contributed by atoms with Gasteiger partial charge in [0.25, 0.3) is 5.91 Å².